The molecule has 0 radical (unpaired) electrons. The van der Waals surface area contributed by atoms with E-state index in [0.29, 0.717) is 18.7 Å². The molecule has 0 bridgehead atoms. The summed E-state index contributed by atoms with van der Waals surface area (Å²) < 4.78 is 0. The van der Waals surface area contributed by atoms with Crippen molar-refractivity contribution in [2.45, 2.75) is 12.8 Å². The Kier molecular flexibility index (Phi) is 6.51. The third kappa shape index (κ3) is 4.97. The lowest BCUT2D eigenvalue weighted by Crippen LogP contribution is -2.28. The molecule has 0 aliphatic carbocycles. The van der Waals surface area contributed by atoms with Gasteiger partial charge in [0, 0.05) is 6.54 Å². The monoisotopic (exact) mass is 245 g/mol. The lowest BCUT2D eigenvalue weighted by molar-refractivity contribution is -0.102. The predicted molar refractivity (Wildman–Crippen MR) is 73.1 cm³/mol. The zero-order valence-corrected chi connectivity index (χ0v) is 10.5. The van der Waals surface area contributed by atoms with Gasteiger partial charge >= 0.3 is 5.97 Å². The second kappa shape index (κ2) is 8.25. The van der Waals surface area contributed by atoms with E-state index in [1.54, 1.807) is 23.3 Å². The second-order valence-electron chi connectivity index (χ2n) is 3.85. The van der Waals surface area contributed by atoms with Gasteiger partial charge in [-0.05, 0) is 25.0 Å². The Hall–Kier alpha value is -1.87. The molecule has 0 saturated carbocycles. The lowest BCUT2D eigenvalue weighted by Gasteiger charge is -2.19. The molecule has 3 nitrogen and oxygen atoms in total. The van der Waals surface area contributed by atoms with Gasteiger partial charge in [0.1, 0.15) is 0 Å². The fraction of sp³-hybridized carbons (Fsp3) is 0.267. The van der Waals surface area contributed by atoms with Gasteiger partial charge in [0.05, 0.1) is 12.1 Å². The van der Waals surface area contributed by atoms with E-state index in [9.17, 15) is 4.79 Å². The van der Waals surface area contributed by atoms with Gasteiger partial charge in [-0.25, -0.2) is 4.79 Å². The molecule has 96 valence electrons. The zero-order chi connectivity index (χ0) is 13.2. The van der Waals surface area contributed by atoms with Crippen molar-refractivity contribution >= 4 is 5.97 Å². The first-order valence-corrected chi connectivity index (χ1v) is 6.02. The van der Waals surface area contributed by atoms with E-state index in [1.807, 2.05) is 24.3 Å². The Balaban J connectivity index is 2.51. The Morgan fingerprint density at radius 2 is 1.94 bits per heavy atom. The van der Waals surface area contributed by atoms with Crippen molar-refractivity contribution in [3.8, 4) is 0 Å². The maximum atomic E-state index is 11.8. The SMILES string of the molecule is C=CCCCN(CC=C)OC(=O)c1ccccc1. The molecular formula is C15H19NO2. The van der Waals surface area contributed by atoms with E-state index in [2.05, 4.69) is 13.2 Å². The zero-order valence-electron chi connectivity index (χ0n) is 10.5. The van der Waals surface area contributed by atoms with E-state index in [1.165, 1.54) is 0 Å². The van der Waals surface area contributed by atoms with Crippen LogP contribution in [0.5, 0.6) is 0 Å². The van der Waals surface area contributed by atoms with Gasteiger partial charge < -0.3 is 4.84 Å². The summed E-state index contributed by atoms with van der Waals surface area (Å²) in [4.78, 5) is 17.2. The summed E-state index contributed by atoms with van der Waals surface area (Å²) >= 11 is 0. The summed E-state index contributed by atoms with van der Waals surface area (Å²) in [5.41, 5.74) is 0.551. The molecule has 0 N–H and O–H groups in total. The second-order valence-corrected chi connectivity index (χ2v) is 3.85. The van der Waals surface area contributed by atoms with Crippen molar-refractivity contribution in [1.82, 2.24) is 5.06 Å². The normalized spacial score (nSPS) is 10.1. The van der Waals surface area contributed by atoms with E-state index in [0.717, 1.165) is 12.8 Å². The molecule has 1 aromatic carbocycles. The summed E-state index contributed by atoms with van der Waals surface area (Å²) in [6.45, 7) is 8.52. The molecule has 0 heterocycles. The highest BCUT2D eigenvalue weighted by atomic mass is 16.7. The molecule has 0 unspecified atom stereocenters. The fourth-order valence-electron chi connectivity index (χ4n) is 1.47. The summed E-state index contributed by atoms with van der Waals surface area (Å²) in [5.74, 6) is -0.337. The molecule has 0 aliphatic heterocycles. The van der Waals surface area contributed by atoms with Crippen LogP contribution in [0.15, 0.2) is 55.6 Å². The lowest BCUT2D eigenvalue weighted by atomic mass is 10.2. The maximum Gasteiger partial charge on any atom is 0.357 e. The molecule has 1 rings (SSSR count). The number of benzene rings is 1. The minimum absolute atomic E-state index is 0.337. The number of hydrogen-bond donors (Lipinski definition) is 0. The van der Waals surface area contributed by atoms with Crippen LogP contribution >= 0.6 is 0 Å². The van der Waals surface area contributed by atoms with Crippen LogP contribution in [0.2, 0.25) is 0 Å². The number of allylic oxidation sites excluding steroid dienone is 1. The highest BCUT2D eigenvalue weighted by Crippen LogP contribution is 2.05. The van der Waals surface area contributed by atoms with Crippen molar-refractivity contribution in [2.75, 3.05) is 13.1 Å². The van der Waals surface area contributed by atoms with Crippen molar-refractivity contribution in [2.24, 2.45) is 0 Å². The number of hydroxylamine groups is 2. The maximum absolute atomic E-state index is 11.8. The number of rotatable bonds is 8. The first-order chi connectivity index (χ1) is 8.77. The van der Waals surface area contributed by atoms with Crippen LogP contribution in [0.25, 0.3) is 0 Å². The summed E-state index contributed by atoms with van der Waals surface area (Å²) in [6.07, 6.45) is 5.37. The van der Waals surface area contributed by atoms with Crippen molar-refractivity contribution in [3.05, 3.63) is 61.2 Å². The number of hydrogen-bond acceptors (Lipinski definition) is 3. The topological polar surface area (TPSA) is 29.5 Å². The van der Waals surface area contributed by atoms with Crippen LogP contribution < -0.4 is 0 Å². The van der Waals surface area contributed by atoms with E-state index in [-0.39, 0.29) is 5.97 Å². The Morgan fingerprint density at radius 3 is 2.56 bits per heavy atom. The molecule has 0 spiro atoms. The van der Waals surface area contributed by atoms with Crippen LogP contribution in [0.1, 0.15) is 23.2 Å². The predicted octanol–water partition coefficient (Wildman–Crippen LogP) is 3.21. The van der Waals surface area contributed by atoms with Gasteiger partial charge in [0.15, 0.2) is 0 Å². The number of carbonyl (C=O) groups excluding carboxylic acids is 1. The average molecular weight is 245 g/mol. The Labute approximate surface area is 108 Å². The van der Waals surface area contributed by atoms with Crippen molar-refractivity contribution in [3.63, 3.8) is 0 Å². The quantitative estimate of drug-likeness (QED) is 0.400. The first-order valence-electron chi connectivity index (χ1n) is 6.02. The minimum atomic E-state index is -0.337. The van der Waals surface area contributed by atoms with Crippen molar-refractivity contribution in [1.29, 1.82) is 0 Å². The molecule has 0 saturated heterocycles. The third-order valence-electron chi connectivity index (χ3n) is 2.37. The van der Waals surface area contributed by atoms with Crippen LogP contribution in [-0.2, 0) is 4.84 Å². The van der Waals surface area contributed by atoms with Gasteiger partial charge in [-0.1, -0.05) is 30.4 Å². The fourth-order valence-corrected chi connectivity index (χ4v) is 1.47. The van der Waals surface area contributed by atoms with Crippen LogP contribution in [0.3, 0.4) is 0 Å². The molecule has 0 atom stereocenters. The van der Waals surface area contributed by atoms with Gasteiger partial charge in [0.25, 0.3) is 0 Å². The summed E-state index contributed by atoms with van der Waals surface area (Å²) in [5, 5.41) is 1.62. The van der Waals surface area contributed by atoms with Gasteiger partial charge in [0.2, 0.25) is 0 Å². The minimum Gasteiger partial charge on any atom is -0.364 e. The number of unbranched alkanes of at least 4 members (excludes halogenated alkanes) is 1. The molecule has 3 heteroatoms. The number of carbonyl (C=O) groups is 1. The van der Waals surface area contributed by atoms with Crippen molar-refractivity contribution < 1.29 is 9.63 Å². The largest absolute Gasteiger partial charge is 0.364 e. The standard InChI is InChI=1S/C15H19NO2/c1-3-5-9-13-16(12-4-2)18-15(17)14-10-7-6-8-11-14/h3-4,6-8,10-11H,1-2,5,9,12-13H2. The van der Waals surface area contributed by atoms with Gasteiger partial charge in [-0.15, -0.1) is 18.2 Å². The first kappa shape index (κ1) is 14.2. The van der Waals surface area contributed by atoms with E-state index in [4.69, 9.17) is 4.84 Å². The molecule has 1 aromatic rings. The van der Waals surface area contributed by atoms with Crippen LogP contribution in [0.4, 0.5) is 0 Å². The molecular weight excluding hydrogens is 226 g/mol. The highest BCUT2D eigenvalue weighted by molar-refractivity contribution is 5.89. The van der Waals surface area contributed by atoms with Crippen LogP contribution in [-0.4, -0.2) is 24.1 Å². The van der Waals surface area contributed by atoms with E-state index >= 15 is 0 Å². The molecule has 0 fully saturated rings. The smallest absolute Gasteiger partial charge is 0.357 e. The Morgan fingerprint density at radius 1 is 1.22 bits per heavy atom. The molecule has 18 heavy (non-hydrogen) atoms. The third-order valence-corrected chi connectivity index (χ3v) is 2.37. The van der Waals surface area contributed by atoms with Crippen LogP contribution in [0, 0.1) is 0 Å². The Bertz CT molecular complexity index is 387. The van der Waals surface area contributed by atoms with E-state index < -0.39 is 0 Å². The molecule has 0 aliphatic rings. The number of nitrogens with zero attached hydrogens (tertiary/aromatic N) is 1. The highest BCUT2D eigenvalue weighted by Gasteiger charge is 2.11. The average Bonchev–Trinajstić information content (AvgIpc) is 2.40. The van der Waals surface area contributed by atoms with Gasteiger partial charge in [-0.3, -0.25) is 0 Å². The summed E-state index contributed by atoms with van der Waals surface area (Å²) in [7, 11) is 0. The van der Waals surface area contributed by atoms with Gasteiger partial charge in [-0.2, -0.15) is 0 Å². The molecule has 0 amide bonds. The molecule has 0 aromatic heterocycles. The summed E-state index contributed by atoms with van der Waals surface area (Å²) in [6, 6.07) is 8.96.